The van der Waals surface area contributed by atoms with E-state index in [1.54, 1.807) is 42.0 Å². The maximum Gasteiger partial charge on any atom is 0.255 e. The molecule has 4 rings (SSSR count). The molecule has 2 amide bonds. The highest BCUT2D eigenvalue weighted by atomic mass is 16.2. The summed E-state index contributed by atoms with van der Waals surface area (Å²) in [7, 11) is 5.32. The smallest absolute Gasteiger partial charge is 0.255 e. The van der Waals surface area contributed by atoms with Crippen molar-refractivity contribution in [3.63, 3.8) is 0 Å². The molecule has 0 aliphatic carbocycles. The third-order valence-corrected chi connectivity index (χ3v) is 6.08. The Labute approximate surface area is 210 Å². The SMILES string of the molecule is CNC(=O)CCCCCC(NC(=O)c1cnn(C)c1)c1ncc(-c2ccc(-c3ccn(C)n3)cc2)[nH]1. The summed E-state index contributed by atoms with van der Waals surface area (Å²) in [5.41, 5.74) is 4.33. The summed E-state index contributed by atoms with van der Waals surface area (Å²) in [6, 6.07) is 9.82. The molecule has 1 aromatic carbocycles. The number of imidazole rings is 1. The van der Waals surface area contributed by atoms with Gasteiger partial charge in [-0.2, -0.15) is 10.2 Å². The number of nitrogens with zero attached hydrogens (tertiary/aromatic N) is 5. The van der Waals surface area contributed by atoms with Crippen LogP contribution < -0.4 is 10.6 Å². The number of H-pyrrole nitrogens is 1. The normalized spacial score (nSPS) is 11.9. The highest BCUT2D eigenvalue weighted by molar-refractivity contribution is 5.93. The minimum absolute atomic E-state index is 0.0428. The van der Waals surface area contributed by atoms with Crippen molar-refractivity contribution in [3.05, 3.63) is 66.5 Å². The van der Waals surface area contributed by atoms with Crippen molar-refractivity contribution >= 4 is 11.8 Å². The zero-order valence-corrected chi connectivity index (χ0v) is 20.9. The van der Waals surface area contributed by atoms with Gasteiger partial charge in [-0.1, -0.05) is 37.1 Å². The summed E-state index contributed by atoms with van der Waals surface area (Å²) >= 11 is 0. The summed E-state index contributed by atoms with van der Waals surface area (Å²) in [4.78, 5) is 32.3. The van der Waals surface area contributed by atoms with Crippen LogP contribution in [0.25, 0.3) is 22.5 Å². The van der Waals surface area contributed by atoms with E-state index in [9.17, 15) is 9.59 Å². The first-order chi connectivity index (χ1) is 17.4. The molecule has 1 unspecified atom stereocenters. The Balaban J connectivity index is 1.46. The van der Waals surface area contributed by atoms with Crippen LogP contribution in [0.2, 0.25) is 0 Å². The lowest BCUT2D eigenvalue weighted by Crippen LogP contribution is -2.29. The Morgan fingerprint density at radius 3 is 2.44 bits per heavy atom. The van der Waals surface area contributed by atoms with Crippen molar-refractivity contribution in [2.24, 2.45) is 14.1 Å². The van der Waals surface area contributed by atoms with Crippen LogP contribution in [0.3, 0.4) is 0 Å². The molecule has 3 aromatic heterocycles. The molecule has 0 fully saturated rings. The molecule has 10 nitrogen and oxygen atoms in total. The van der Waals surface area contributed by atoms with Crippen molar-refractivity contribution in [2.45, 2.75) is 38.1 Å². The molecular weight excluding hydrogens is 456 g/mol. The molecule has 188 valence electrons. The van der Waals surface area contributed by atoms with Gasteiger partial charge in [0.05, 0.1) is 35.4 Å². The maximum atomic E-state index is 12.8. The summed E-state index contributed by atoms with van der Waals surface area (Å²) < 4.78 is 3.38. The Bertz CT molecular complexity index is 1300. The van der Waals surface area contributed by atoms with Gasteiger partial charge in [0.15, 0.2) is 0 Å². The average molecular weight is 489 g/mol. The van der Waals surface area contributed by atoms with Gasteiger partial charge in [-0.05, 0) is 24.5 Å². The van der Waals surface area contributed by atoms with Crippen LogP contribution in [0.1, 0.15) is 54.3 Å². The predicted molar refractivity (Wildman–Crippen MR) is 137 cm³/mol. The Kier molecular flexibility index (Phi) is 7.94. The number of aryl methyl sites for hydroxylation is 2. The summed E-state index contributed by atoms with van der Waals surface area (Å²) in [5, 5.41) is 14.3. The fourth-order valence-electron chi connectivity index (χ4n) is 4.04. The number of carbonyl (C=O) groups is 2. The van der Waals surface area contributed by atoms with E-state index < -0.39 is 0 Å². The highest BCUT2D eigenvalue weighted by Crippen LogP contribution is 2.25. The Morgan fingerprint density at radius 2 is 1.78 bits per heavy atom. The van der Waals surface area contributed by atoms with Crippen LogP contribution in [-0.4, -0.2) is 48.4 Å². The Hall–Kier alpha value is -4.21. The van der Waals surface area contributed by atoms with E-state index in [0.717, 1.165) is 41.8 Å². The highest BCUT2D eigenvalue weighted by Gasteiger charge is 2.20. The lowest BCUT2D eigenvalue weighted by atomic mass is 10.1. The van der Waals surface area contributed by atoms with Gasteiger partial charge in [-0.15, -0.1) is 0 Å². The monoisotopic (exact) mass is 488 g/mol. The number of nitrogens with one attached hydrogen (secondary N) is 3. The van der Waals surface area contributed by atoms with Gasteiger partial charge in [0.25, 0.3) is 5.91 Å². The maximum absolute atomic E-state index is 12.8. The van der Waals surface area contributed by atoms with E-state index in [1.165, 1.54) is 0 Å². The molecule has 0 spiro atoms. The lowest BCUT2D eigenvalue weighted by Gasteiger charge is -2.16. The van der Waals surface area contributed by atoms with Gasteiger partial charge in [0, 0.05) is 45.5 Å². The number of hydrogen-bond acceptors (Lipinski definition) is 5. The molecule has 10 heteroatoms. The van der Waals surface area contributed by atoms with E-state index in [1.807, 2.05) is 43.6 Å². The Morgan fingerprint density at radius 1 is 1.00 bits per heavy atom. The number of benzene rings is 1. The zero-order chi connectivity index (χ0) is 25.5. The first-order valence-corrected chi connectivity index (χ1v) is 12.1. The van der Waals surface area contributed by atoms with E-state index in [2.05, 4.69) is 30.8 Å². The van der Waals surface area contributed by atoms with Crippen molar-refractivity contribution in [2.75, 3.05) is 7.05 Å². The third-order valence-electron chi connectivity index (χ3n) is 6.08. The third kappa shape index (κ3) is 6.26. The predicted octanol–water partition coefficient (Wildman–Crippen LogP) is 3.38. The molecule has 0 saturated carbocycles. The number of aromatic nitrogens is 6. The number of aromatic amines is 1. The fourth-order valence-corrected chi connectivity index (χ4v) is 4.04. The number of carbonyl (C=O) groups excluding carboxylic acids is 2. The molecule has 0 radical (unpaired) electrons. The molecule has 3 heterocycles. The van der Waals surface area contributed by atoms with Crippen LogP contribution in [0.5, 0.6) is 0 Å². The second-order valence-corrected chi connectivity index (χ2v) is 8.84. The minimum Gasteiger partial charge on any atom is -0.359 e. The average Bonchev–Trinajstić information content (AvgIpc) is 3.64. The van der Waals surface area contributed by atoms with Gasteiger partial charge in [-0.3, -0.25) is 19.0 Å². The van der Waals surface area contributed by atoms with Crippen molar-refractivity contribution in [3.8, 4) is 22.5 Å². The molecule has 0 aliphatic rings. The molecule has 4 aromatic rings. The summed E-state index contributed by atoms with van der Waals surface area (Å²) in [6.07, 6.45) is 10.7. The number of rotatable bonds is 11. The van der Waals surface area contributed by atoms with Crippen LogP contribution >= 0.6 is 0 Å². The summed E-state index contributed by atoms with van der Waals surface area (Å²) in [6.45, 7) is 0. The van der Waals surface area contributed by atoms with E-state index in [-0.39, 0.29) is 17.9 Å². The standard InChI is InChI=1S/C26H32N8O2/c1-27-24(35)8-6-4-5-7-22(31-26(36)20-15-29-34(3)17-20)25-28-16-23(30-25)19-11-9-18(10-12-19)21-13-14-33(2)32-21/h9-17,22H,4-8H2,1-3H3,(H,27,35)(H,28,30)(H,31,36). The lowest BCUT2D eigenvalue weighted by molar-refractivity contribution is -0.120. The van der Waals surface area contributed by atoms with Crippen molar-refractivity contribution < 1.29 is 9.59 Å². The van der Waals surface area contributed by atoms with E-state index >= 15 is 0 Å². The van der Waals surface area contributed by atoms with Crippen LogP contribution in [0, 0.1) is 0 Å². The molecule has 36 heavy (non-hydrogen) atoms. The first-order valence-electron chi connectivity index (χ1n) is 12.1. The van der Waals surface area contributed by atoms with Gasteiger partial charge in [0.2, 0.25) is 5.91 Å². The molecule has 3 N–H and O–H groups in total. The van der Waals surface area contributed by atoms with E-state index in [4.69, 9.17) is 0 Å². The quantitative estimate of drug-likeness (QED) is 0.279. The number of amides is 2. The van der Waals surface area contributed by atoms with Crippen molar-refractivity contribution in [1.82, 2.24) is 40.2 Å². The number of unbranched alkanes of at least 4 members (excludes halogenated alkanes) is 2. The zero-order valence-electron chi connectivity index (χ0n) is 20.9. The molecule has 0 saturated heterocycles. The van der Waals surface area contributed by atoms with Crippen LogP contribution in [0.4, 0.5) is 0 Å². The molecular formula is C26H32N8O2. The van der Waals surface area contributed by atoms with Gasteiger partial charge < -0.3 is 15.6 Å². The molecule has 0 bridgehead atoms. The summed E-state index contributed by atoms with van der Waals surface area (Å²) in [5.74, 6) is 0.541. The second kappa shape index (κ2) is 11.5. The van der Waals surface area contributed by atoms with Crippen LogP contribution in [0.15, 0.2) is 55.1 Å². The minimum atomic E-state index is -0.292. The fraction of sp³-hybridized carbons (Fsp3) is 0.346. The largest absolute Gasteiger partial charge is 0.359 e. The number of hydrogen-bond donors (Lipinski definition) is 3. The van der Waals surface area contributed by atoms with Crippen molar-refractivity contribution in [1.29, 1.82) is 0 Å². The second-order valence-electron chi connectivity index (χ2n) is 8.84. The van der Waals surface area contributed by atoms with Gasteiger partial charge in [0.1, 0.15) is 5.82 Å². The van der Waals surface area contributed by atoms with Gasteiger partial charge in [-0.25, -0.2) is 4.98 Å². The van der Waals surface area contributed by atoms with Crippen LogP contribution in [-0.2, 0) is 18.9 Å². The molecule has 0 aliphatic heterocycles. The molecule has 1 atom stereocenters. The first kappa shape index (κ1) is 24.9. The van der Waals surface area contributed by atoms with Gasteiger partial charge >= 0.3 is 0 Å². The van der Waals surface area contributed by atoms with E-state index in [0.29, 0.717) is 24.2 Å². The topological polar surface area (TPSA) is 123 Å².